The Morgan fingerprint density at radius 3 is 2.53 bits per heavy atom. The van der Waals surface area contributed by atoms with Crippen molar-refractivity contribution >= 4 is 5.91 Å². The molecular formula is C16H26N2O. The van der Waals surface area contributed by atoms with Gasteiger partial charge in [-0.25, -0.2) is 0 Å². The van der Waals surface area contributed by atoms with Crippen molar-refractivity contribution in [1.29, 1.82) is 0 Å². The second kappa shape index (κ2) is 7.29. The Kier molecular flexibility index (Phi) is 6.03. The lowest BCUT2D eigenvalue weighted by Crippen LogP contribution is -2.35. The molecule has 1 rings (SSSR count). The monoisotopic (exact) mass is 262 g/mol. The predicted octanol–water partition coefficient (Wildman–Crippen LogP) is 2.50. The van der Waals surface area contributed by atoms with Gasteiger partial charge in [0, 0.05) is 19.0 Å². The van der Waals surface area contributed by atoms with Crippen LogP contribution in [0.5, 0.6) is 0 Å². The summed E-state index contributed by atoms with van der Waals surface area (Å²) in [5.74, 6) is 0.0958. The van der Waals surface area contributed by atoms with Crippen LogP contribution in [0.25, 0.3) is 0 Å². The summed E-state index contributed by atoms with van der Waals surface area (Å²) in [5, 5.41) is 3.00. The molecule has 3 N–H and O–H groups in total. The van der Waals surface area contributed by atoms with Crippen LogP contribution in [0.1, 0.15) is 39.2 Å². The zero-order valence-electron chi connectivity index (χ0n) is 12.3. The SMILES string of the molecule is CC(N)CCC(=O)NCC(C)(C)Cc1ccccc1. The van der Waals surface area contributed by atoms with Crippen molar-refractivity contribution in [3.63, 3.8) is 0 Å². The van der Waals surface area contributed by atoms with Gasteiger partial charge in [-0.05, 0) is 30.7 Å². The highest BCUT2D eigenvalue weighted by Crippen LogP contribution is 2.20. The molecule has 1 atom stereocenters. The van der Waals surface area contributed by atoms with E-state index in [1.807, 2.05) is 25.1 Å². The van der Waals surface area contributed by atoms with E-state index < -0.39 is 0 Å². The first kappa shape index (κ1) is 15.7. The maximum Gasteiger partial charge on any atom is 0.220 e. The van der Waals surface area contributed by atoms with Crippen molar-refractivity contribution in [2.75, 3.05) is 6.54 Å². The average molecular weight is 262 g/mol. The van der Waals surface area contributed by atoms with Crippen LogP contribution < -0.4 is 11.1 Å². The van der Waals surface area contributed by atoms with Crippen LogP contribution >= 0.6 is 0 Å². The Balaban J connectivity index is 2.36. The second-order valence-corrected chi connectivity index (χ2v) is 6.12. The van der Waals surface area contributed by atoms with E-state index in [1.165, 1.54) is 5.56 Å². The van der Waals surface area contributed by atoms with Gasteiger partial charge in [-0.1, -0.05) is 44.2 Å². The van der Waals surface area contributed by atoms with E-state index in [2.05, 4.69) is 31.3 Å². The molecule has 1 unspecified atom stereocenters. The van der Waals surface area contributed by atoms with E-state index >= 15 is 0 Å². The molecule has 0 aromatic heterocycles. The Morgan fingerprint density at radius 2 is 1.95 bits per heavy atom. The molecule has 3 nitrogen and oxygen atoms in total. The molecule has 1 aromatic rings. The molecule has 0 radical (unpaired) electrons. The molecule has 0 fully saturated rings. The largest absolute Gasteiger partial charge is 0.356 e. The third-order valence-electron chi connectivity index (χ3n) is 3.12. The average Bonchev–Trinajstić information content (AvgIpc) is 2.34. The zero-order chi connectivity index (χ0) is 14.3. The van der Waals surface area contributed by atoms with Crippen molar-refractivity contribution in [3.05, 3.63) is 35.9 Å². The summed E-state index contributed by atoms with van der Waals surface area (Å²) in [6.45, 7) is 6.96. The van der Waals surface area contributed by atoms with Crippen LogP contribution in [0.15, 0.2) is 30.3 Å². The number of hydrogen-bond acceptors (Lipinski definition) is 2. The molecule has 1 amide bonds. The molecule has 106 valence electrons. The molecule has 0 aliphatic heterocycles. The van der Waals surface area contributed by atoms with E-state index in [-0.39, 0.29) is 17.4 Å². The maximum atomic E-state index is 11.7. The minimum absolute atomic E-state index is 0.0609. The van der Waals surface area contributed by atoms with Crippen molar-refractivity contribution in [2.45, 2.75) is 46.1 Å². The zero-order valence-corrected chi connectivity index (χ0v) is 12.3. The highest BCUT2D eigenvalue weighted by atomic mass is 16.1. The summed E-state index contributed by atoms with van der Waals surface area (Å²) in [6, 6.07) is 10.5. The predicted molar refractivity (Wildman–Crippen MR) is 79.8 cm³/mol. The van der Waals surface area contributed by atoms with Crippen LogP contribution in [0.3, 0.4) is 0 Å². The summed E-state index contributed by atoms with van der Waals surface area (Å²) in [6.07, 6.45) is 2.21. The Bertz CT molecular complexity index is 385. The standard InChI is InChI=1S/C16H26N2O/c1-13(17)9-10-15(19)18-12-16(2,3)11-14-7-5-4-6-8-14/h4-8,13H,9-12,17H2,1-3H3,(H,18,19). The number of amides is 1. The van der Waals surface area contributed by atoms with Crippen molar-refractivity contribution in [1.82, 2.24) is 5.32 Å². The highest BCUT2D eigenvalue weighted by Gasteiger charge is 2.19. The normalized spacial score (nSPS) is 13.1. The second-order valence-electron chi connectivity index (χ2n) is 6.12. The first-order valence-corrected chi connectivity index (χ1v) is 6.95. The van der Waals surface area contributed by atoms with Crippen LogP contribution in [-0.2, 0) is 11.2 Å². The summed E-state index contributed by atoms with van der Waals surface area (Å²) < 4.78 is 0. The first-order chi connectivity index (χ1) is 8.89. The summed E-state index contributed by atoms with van der Waals surface area (Å²) in [4.78, 5) is 11.7. The number of nitrogens with one attached hydrogen (secondary N) is 1. The van der Waals surface area contributed by atoms with E-state index in [0.29, 0.717) is 13.0 Å². The molecular weight excluding hydrogens is 236 g/mol. The van der Waals surface area contributed by atoms with E-state index in [1.54, 1.807) is 0 Å². The molecule has 1 aromatic carbocycles. The van der Waals surface area contributed by atoms with Gasteiger partial charge in [-0.15, -0.1) is 0 Å². The fourth-order valence-electron chi connectivity index (χ4n) is 2.00. The van der Waals surface area contributed by atoms with Gasteiger partial charge in [0.2, 0.25) is 5.91 Å². The Hall–Kier alpha value is -1.35. The van der Waals surface area contributed by atoms with Gasteiger partial charge in [0.25, 0.3) is 0 Å². The van der Waals surface area contributed by atoms with Crippen LogP contribution in [-0.4, -0.2) is 18.5 Å². The van der Waals surface area contributed by atoms with E-state index in [4.69, 9.17) is 5.73 Å². The number of hydrogen-bond donors (Lipinski definition) is 2. The Morgan fingerprint density at radius 1 is 1.32 bits per heavy atom. The first-order valence-electron chi connectivity index (χ1n) is 6.95. The van der Waals surface area contributed by atoms with Crippen molar-refractivity contribution in [3.8, 4) is 0 Å². The third-order valence-corrected chi connectivity index (χ3v) is 3.12. The summed E-state index contributed by atoms with van der Waals surface area (Å²) in [7, 11) is 0. The van der Waals surface area contributed by atoms with E-state index in [9.17, 15) is 4.79 Å². The van der Waals surface area contributed by atoms with Crippen LogP contribution in [0.2, 0.25) is 0 Å². The molecule has 0 saturated heterocycles. The molecule has 3 heteroatoms. The molecule has 0 heterocycles. The molecule has 0 saturated carbocycles. The minimum atomic E-state index is 0.0609. The van der Waals surface area contributed by atoms with Gasteiger partial charge in [0.15, 0.2) is 0 Å². The van der Waals surface area contributed by atoms with Gasteiger partial charge < -0.3 is 11.1 Å². The topological polar surface area (TPSA) is 55.1 Å². The molecule has 0 aliphatic carbocycles. The number of benzene rings is 1. The molecule has 19 heavy (non-hydrogen) atoms. The van der Waals surface area contributed by atoms with Crippen LogP contribution in [0.4, 0.5) is 0 Å². The van der Waals surface area contributed by atoms with Gasteiger partial charge in [0.1, 0.15) is 0 Å². The van der Waals surface area contributed by atoms with E-state index in [0.717, 1.165) is 12.8 Å². The maximum absolute atomic E-state index is 11.7. The molecule has 0 aliphatic rings. The lowest BCUT2D eigenvalue weighted by molar-refractivity contribution is -0.121. The summed E-state index contributed by atoms with van der Waals surface area (Å²) in [5.41, 5.74) is 7.01. The number of nitrogens with two attached hydrogens (primary N) is 1. The van der Waals surface area contributed by atoms with Gasteiger partial charge >= 0.3 is 0 Å². The van der Waals surface area contributed by atoms with Crippen LogP contribution in [0, 0.1) is 5.41 Å². The molecule has 0 spiro atoms. The fraction of sp³-hybridized carbons (Fsp3) is 0.562. The number of rotatable bonds is 7. The van der Waals surface area contributed by atoms with Crippen molar-refractivity contribution < 1.29 is 4.79 Å². The van der Waals surface area contributed by atoms with Crippen molar-refractivity contribution in [2.24, 2.45) is 11.1 Å². The summed E-state index contributed by atoms with van der Waals surface area (Å²) >= 11 is 0. The number of carbonyl (C=O) groups is 1. The highest BCUT2D eigenvalue weighted by molar-refractivity contribution is 5.75. The van der Waals surface area contributed by atoms with Gasteiger partial charge in [-0.3, -0.25) is 4.79 Å². The smallest absolute Gasteiger partial charge is 0.220 e. The van der Waals surface area contributed by atoms with Gasteiger partial charge in [0.05, 0.1) is 0 Å². The number of carbonyl (C=O) groups excluding carboxylic acids is 1. The fourth-order valence-corrected chi connectivity index (χ4v) is 2.00. The Labute approximate surface area is 116 Å². The lowest BCUT2D eigenvalue weighted by atomic mass is 9.85. The van der Waals surface area contributed by atoms with Gasteiger partial charge in [-0.2, -0.15) is 0 Å². The molecule has 0 bridgehead atoms. The minimum Gasteiger partial charge on any atom is -0.356 e. The quantitative estimate of drug-likeness (QED) is 0.793. The lowest BCUT2D eigenvalue weighted by Gasteiger charge is -2.25. The third kappa shape index (κ3) is 6.97.